The number of rotatable bonds is 3. The lowest BCUT2D eigenvalue weighted by Gasteiger charge is -2.14. The zero-order chi connectivity index (χ0) is 16.9. The molecule has 0 bridgehead atoms. The molecule has 0 unspecified atom stereocenters. The van der Waals surface area contributed by atoms with Gasteiger partial charge in [-0.1, -0.05) is 24.3 Å². The van der Waals surface area contributed by atoms with Crippen LogP contribution in [0.5, 0.6) is 0 Å². The average molecular weight is 316 g/mol. The molecule has 24 heavy (non-hydrogen) atoms. The number of nitrogen functional groups attached to an aromatic ring is 1. The molecule has 4 N–H and O–H groups in total. The Morgan fingerprint density at radius 3 is 1.88 bits per heavy atom. The fourth-order valence-corrected chi connectivity index (χ4v) is 2.76. The summed E-state index contributed by atoms with van der Waals surface area (Å²) >= 11 is 0. The zero-order valence-electron chi connectivity index (χ0n) is 14.0. The first-order valence-corrected chi connectivity index (χ1v) is 8.00. The lowest BCUT2D eigenvalue weighted by Crippen LogP contribution is -2.67. The van der Waals surface area contributed by atoms with E-state index in [2.05, 4.69) is 71.0 Å². The summed E-state index contributed by atoms with van der Waals surface area (Å²) in [4.78, 5) is 3.16. The van der Waals surface area contributed by atoms with Crippen molar-refractivity contribution in [3.05, 3.63) is 89.5 Å². The topological polar surface area (TPSA) is 52.0 Å². The van der Waals surface area contributed by atoms with Crippen LogP contribution in [0.2, 0.25) is 0 Å². The van der Waals surface area contributed by atoms with E-state index in [4.69, 9.17) is 5.73 Å². The van der Waals surface area contributed by atoms with Crippen LogP contribution in [0, 0.1) is 0 Å². The van der Waals surface area contributed by atoms with E-state index in [1.54, 1.807) is 0 Å². The van der Waals surface area contributed by atoms with Crippen LogP contribution >= 0.6 is 0 Å². The van der Waals surface area contributed by atoms with Crippen molar-refractivity contribution in [2.24, 2.45) is 0 Å². The number of hydrogen-bond donors (Lipinski definition) is 3. The van der Waals surface area contributed by atoms with E-state index in [1.165, 1.54) is 16.7 Å². The molecule has 0 amide bonds. The Balaban J connectivity index is 2.14. The Labute approximate surface area is 142 Å². The van der Waals surface area contributed by atoms with Gasteiger partial charge in [-0.05, 0) is 58.7 Å². The Morgan fingerprint density at radius 2 is 1.38 bits per heavy atom. The van der Waals surface area contributed by atoms with Crippen molar-refractivity contribution in [3.8, 4) is 0 Å². The largest absolute Gasteiger partial charge is 0.399 e. The van der Waals surface area contributed by atoms with Crippen LogP contribution < -0.4 is 16.0 Å². The van der Waals surface area contributed by atoms with Crippen LogP contribution in [-0.2, 0) is 0 Å². The van der Waals surface area contributed by atoms with Gasteiger partial charge in [-0.2, -0.15) is 0 Å². The van der Waals surface area contributed by atoms with Crippen molar-refractivity contribution in [2.45, 2.75) is 0 Å². The molecule has 0 saturated heterocycles. The normalized spacial score (nSPS) is 13.1. The van der Waals surface area contributed by atoms with Gasteiger partial charge < -0.3 is 11.1 Å². The van der Waals surface area contributed by atoms with Crippen molar-refractivity contribution < 1.29 is 4.99 Å². The van der Waals surface area contributed by atoms with E-state index < -0.39 is 0 Å². The van der Waals surface area contributed by atoms with Gasteiger partial charge in [-0.3, -0.25) is 0 Å². The summed E-state index contributed by atoms with van der Waals surface area (Å²) < 4.78 is 0. The number of benzene rings is 2. The number of anilines is 2. The van der Waals surface area contributed by atoms with E-state index in [9.17, 15) is 0 Å². The molecule has 0 saturated carbocycles. The van der Waals surface area contributed by atoms with Crippen molar-refractivity contribution in [2.75, 3.05) is 25.1 Å². The summed E-state index contributed by atoms with van der Waals surface area (Å²) in [7, 11) is 3.85. The first-order chi connectivity index (χ1) is 11.7. The lowest BCUT2D eigenvalue weighted by atomic mass is 9.90. The van der Waals surface area contributed by atoms with Gasteiger partial charge in [0.1, 0.15) is 7.05 Å². The Bertz CT molecular complexity index is 818. The fraction of sp³-hybridized carbons (Fsp3) is 0.0952. The van der Waals surface area contributed by atoms with Crippen LogP contribution in [0.25, 0.3) is 5.57 Å². The second-order valence-corrected chi connectivity index (χ2v) is 5.65. The van der Waals surface area contributed by atoms with Gasteiger partial charge in [0.15, 0.2) is 5.71 Å². The van der Waals surface area contributed by atoms with Crippen LogP contribution in [-0.4, -0.2) is 19.8 Å². The first kappa shape index (κ1) is 15.8. The highest BCUT2D eigenvalue weighted by atomic mass is 14.8. The standard InChI is InChI=1S/C21H21N3/c1-23-19-11-5-16(6-12-19)21(15-3-9-18(22)10-4-15)17-7-13-20(24-2)14-8-17/h3-14,23H,22H2,1-2H3/p+1. The lowest BCUT2D eigenvalue weighted by molar-refractivity contribution is -0.417. The van der Waals surface area contributed by atoms with Gasteiger partial charge in [0, 0.05) is 30.6 Å². The minimum absolute atomic E-state index is 0.772. The number of allylic oxidation sites excluding steroid dienone is 5. The molecule has 1 aliphatic carbocycles. The Hall–Kier alpha value is -3.07. The second-order valence-electron chi connectivity index (χ2n) is 5.65. The second kappa shape index (κ2) is 7.01. The molecule has 0 aliphatic heterocycles. The minimum Gasteiger partial charge on any atom is -0.399 e. The molecule has 1 aliphatic rings. The molecular weight excluding hydrogens is 294 g/mol. The molecule has 3 rings (SSSR count). The Kier molecular flexibility index (Phi) is 4.62. The Morgan fingerprint density at radius 1 is 0.833 bits per heavy atom. The summed E-state index contributed by atoms with van der Waals surface area (Å²) in [5.41, 5.74) is 13.5. The van der Waals surface area contributed by atoms with Crippen LogP contribution in [0.15, 0.2) is 78.4 Å². The maximum atomic E-state index is 5.85. The molecule has 0 aromatic heterocycles. The maximum Gasteiger partial charge on any atom is 0.198 e. The molecule has 3 nitrogen and oxygen atoms in total. The fourth-order valence-electron chi connectivity index (χ4n) is 2.76. The average Bonchev–Trinajstić information content (AvgIpc) is 2.64. The first-order valence-electron chi connectivity index (χ1n) is 8.00. The summed E-state index contributed by atoms with van der Waals surface area (Å²) in [6, 6.07) is 16.5. The van der Waals surface area contributed by atoms with E-state index in [0.29, 0.717) is 0 Å². The minimum atomic E-state index is 0.772. The molecule has 3 heteroatoms. The summed E-state index contributed by atoms with van der Waals surface area (Å²) in [5.74, 6) is 0. The highest BCUT2D eigenvalue weighted by molar-refractivity contribution is 6.03. The molecule has 0 atom stereocenters. The third-order valence-electron chi connectivity index (χ3n) is 4.12. The van der Waals surface area contributed by atoms with Crippen molar-refractivity contribution in [1.29, 1.82) is 0 Å². The third kappa shape index (κ3) is 3.30. The SMILES string of the molecule is CNc1ccc(C(=C2C=CC(=[NH+]C)C=C2)c2ccc(N)cc2)cc1. The number of nitrogens with two attached hydrogens (primary N) is 1. The van der Waals surface area contributed by atoms with Gasteiger partial charge in [0.2, 0.25) is 0 Å². The van der Waals surface area contributed by atoms with Gasteiger partial charge in [0.25, 0.3) is 0 Å². The number of hydrogen-bond acceptors (Lipinski definition) is 2. The van der Waals surface area contributed by atoms with Crippen molar-refractivity contribution in [1.82, 2.24) is 0 Å². The monoisotopic (exact) mass is 316 g/mol. The quantitative estimate of drug-likeness (QED) is 0.762. The van der Waals surface area contributed by atoms with Gasteiger partial charge in [-0.15, -0.1) is 0 Å². The molecule has 0 fully saturated rings. The predicted octanol–water partition coefficient (Wildman–Crippen LogP) is 2.39. The molecule has 120 valence electrons. The third-order valence-corrected chi connectivity index (χ3v) is 4.12. The van der Waals surface area contributed by atoms with Crippen molar-refractivity contribution in [3.63, 3.8) is 0 Å². The highest BCUT2D eigenvalue weighted by Gasteiger charge is 2.12. The van der Waals surface area contributed by atoms with E-state index in [-0.39, 0.29) is 0 Å². The molecule has 0 spiro atoms. The molecule has 0 heterocycles. The predicted molar refractivity (Wildman–Crippen MR) is 103 cm³/mol. The van der Waals surface area contributed by atoms with Gasteiger partial charge >= 0.3 is 0 Å². The van der Waals surface area contributed by atoms with Crippen LogP contribution in [0.3, 0.4) is 0 Å². The molecule has 2 aromatic carbocycles. The molecular formula is C21H22N3+. The zero-order valence-corrected chi connectivity index (χ0v) is 14.0. The van der Waals surface area contributed by atoms with E-state index in [0.717, 1.165) is 22.6 Å². The molecule has 0 radical (unpaired) electrons. The summed E-state index contributed by atoms with van der Waals surface area (Å²) in [6.45, 7) is 0. The molecule has 2 aromatic rings. The van der Waals surface area contributed by atoms with Gasteiger partial charge in [-0.25, -0.2) is 4.99 Å². The van der Waals surface area contributed by atoms with Crippen LogP contribution in [0.4, 0.5) is 11.4 Å². The van der Waals surface area contributed by atoms with Crippen molar-refractivity contribution >= 4 is 22.7 Å². The van der Waals surface area contributed by atoms with Gasteiger partial charge in [0.05, 0.1) is 0 Å². The van der Waals surface area contributed by atoms with E-state index in [1.807, 2.05) is 26.2 Å². The highest BCUT2D eigenvalue weighted by Crippen LogP contribution is 2.30. The van der Waals surface area contributed by atoms with E-state index >= 15 is 0 Å². The smallest absolute Gasteiger partial charge is 0.198 e. The summed E-state index contributed by atoms with van der Waals surface area (Å²) in [6.07, 6.45) is 8.47. The maximum absolute atomic E-state index is 5.85. The number of nitrogens with one attached hydrogen (secondary N) is 2. The summed E-state index contributed by atoms with van der Waals surface area (Å²) in [5, 5.41) is 3.16. The van der Waals surface area contributed by atoms with Crippen LogP contribution in [0.1, 0.15) is 11.1 Å².